The average molecular weight is 468 g/mol. The molecule has 1 aromatic heterocycles. The predicted molar refractivity (Wildman–Crippen MR) is 128 cm³/mol. The molecule has 2 aliphatic rings. The van der Waals surface area contributed by atoms with Crippen LogP contribution in [-0.2, 0) is 9.53 Å². The summed E-state index contributed by atoms with van der Waals surface area (Å²) in [6.45, 7) is 6.88. The van der Waals surface area contributed by atoms with Crippen LogP contribution in [0.15, 0.2) is 42.9 Å². The minimum absolute atomic E-state index is 0.00433. The first-order valence-corrected chi connectivity index (χ1v) is 12.1. The standard InChI is InChI=1S/C25H33N5O4/c1-2-33-23-8-4-3-7-22(23)28-13-15-29(16-14-28)24(31)9-12-30(19-20-6-5-17-34-20)25(32)21-18-26-10-11-27-21/h3-4,7-8,10-11,18,20H,2,5-6,9,12-17,19H2,1H3. The first kappa shape index (κ1) is 23.9. The van der Waals surface area contributed by atoms with Crippen LogP contribution in [0.25, 0.3) is 0 Å². The van der Waals surface area contributed by atoms with Gasteiger partial charge in [0.1, 0.15) is 11.4 Å². The number of carbonyl (C=O) groups excluding carboxylic acids is 2. The Bertz CT molecular complexity index is 943. The van der Waals surface area contributed by atoms with Crippen molar-refractivity contribution in [2.75, 3.05) is 57.4 Å². The number of anilines is 1. The summed E-state index contributed by atoms with van der Waals surface area (Å²) in [7, 11) is 0. The molecule has 2 fully saturated rings. The van der Waals surface area contributed by atoms with Gasteiger partial charge in [-0.2, -0.15) is 0 Å². The van der Waals surface area contributed by atoms with Crippen LogP contribution in [0.1, 0.15) is 36.7 Å². The first-order chi connectivity index (χ1) is 16.7. The molecule has 2 aromatic rings. The second-order valence-corrected chi connectivity index (χ2v) is 8.50. The van der Waals surface area contributed by atoms with Crippen molar-refractivity contribution in [3.05, 3.63) is 48.5 Å². The van der Waals surface area contributed by atoms with Crippen LogP contribution in [-0.4, -0.2) is 90.2 Å². The van der Waals surface area contributed by atoms with Crippen LogP contribution in [0, 0.1) is 0 Å². The van der Waals surface area contributed by atoms with Gasteiger partial charge in [0, 0.05) is 64.7 Å². The molecule has 0 N–H and O–H groups in total. The number of hydrogen-bond donors (Lipinski definition) is 0. The van der Waals surface area contributed by atoms with Crippen LogP contribution in [0.2, 0.25) is 0 Å². The molecule has 2 saturated heterocycles. The normalized spacial score (nSPS) is 18.1. The van der Waals surface area contributed by atoms with Gasteiger partial charge in [0.25, 0.3) is 5.91 Å². The van der Waals surface area contributed by atoms with Crippen LogP contribution in [0.4, 0.5) is 5.69 Å². The first-order valence-electron chi connectivity index (χ1n) is 12.1. The van der Waals surface area contributed by atoms with E-state index in [9.17, 15) is 9.59 Å². The Kier molecular flexibility index (Phi) is 8.30. The monoisotopic (exact) mass is 467 g/mol. The third kappa shape index (κ3) is 6.02. The van der Waals surface area contributed by atoms with Crippen molar-refractivity contribution in [2.45, 2.75) is 32.3 Å². The van der Waals surface area contributed by atoms with Gasteiger partial charge in [-0.3, -0.25) is 14.6 Å². The van der Waals surface area contributed by atoms with Gasteiger partial charge in [0.2, 0.25) is 5.91 Å². The summed E-state index contributed by atoms with van der Waals surface area (Å²) in [6.07, 6.45) is 6.70. The maximum atomic E-state index is 13.0. The number of hydrogen-bond acceptors (Lipinski definition) is 7. The maximum absolute atomic E-state index is 13.0. The highest BCUT2D eigenvalue weighted by Gasteiger charge is 2.27. The van der Waals surface area contributed by atoms with Gasteiger partial charge >= 0.3 is 0 Å². The molecule has 0 radical (unpaired) electrons. The molecular formula is C25H33N5O4. The fraction of sp³-hybridized carbons (Fsp3) is 0.520. The van der Waals surface area contributed by atoms with Crippen LogP contribution < -0.4 is 9.64 Å². The summed E-state index contributed by atoms with van der Waals surface area (Å²) >= 11 is 0. The molecule has 2 aliphatic heterocycles. The third-order valence-electron chi connectivity index (χ3n) is 6.25. The van der Waals surface area contributed by atoms with E-state index < -0.39 is 0 Å². The zero-order valence-electron chi connectivity index (χ0n) is 19.8. The van der Waals surface area contributed by atoms with Crippen molar-refractivity contribution in [1.29, 1.82) is 0 Å². The summed E-state index contributed by atoms with van der Waals surface area (Å²) in [5.41, 5.74) is 1.35. The largest absolute Gasteiger partial charge is 0.492 e. The molecule has 1 atom stereocenters. The van der Waals surface area contributed by atoms with Crippen molar-refractivity contribution in [3.63, 3.8) is 0 Å². The van der Waals surface area contributed by atoms with Gasteiger partial charge in [-0.05, 0) is 31.9 Å². The highest BCUT2D eigenvalue weighted by molar-refractivity contribution is 5.92. The van der Waals surface area contributed by atoms with E-state index in [1.165, 1.54) is 18.6 Å². The molecule has 0 saturated carbocycles. The van der Waals surface area contributed by atoms with Crippen molar-refractivity contribution in [2.24, 2.45) is 0 Å². The number of benzene rings is 1. The molecule has 182 valence electrons. The molecule has 1 unspecified atom stereocenters. The molecule has 4 rings (SSSR count). The molecule has 9 nitrogen and oxygen atoms in total. The second-order valence-electron chi connectivity index (χ2n) is 8.50. The lowest BCUT2D eigenvalue weighted by Gasteiger charge is -2.37. The van der Waals surface area contributed by atoms with E-state index in [1.54, 1.807) is 4.90 Å². The van der Waals surface area contributed by atoms with E-state index in [2.05, 4.69) is 20.9 Å². The summed E-state index contributed by atoms with van der Waals surface area (Å²) in [5.74, 6) is 0.716. The van der Waals surface area contributed by atoms with E-state index in [4.69, 9.17) is 9.47 Å². The lowest BCUT2D eigenvalue weighted by molar-refractivity contribution is -0.131. The minimum atomic E-state index is -0.214. The van der Waals surface area contributed by atoms with Crippen LogP contribution in [0.3, 0.4) is 0 Å². The van der Waals surface area contributed by atoms with E-state index in [-0.39, 0.29) is 30.0 Å². The van der Waals surface area contributed by atoms with Crippen LogP contribution >= 0.6 is 0 Å². The number of ether oxygens (including phenoxy) is 2. The smallest absolute Gasteiger partial charge is 0.274 e. The van der Waals surface area contributed by atoms with E-state index in [1.807, 2.05) is 30.0 Å². The lowest BCUT2D eigenvalue weighted by Crippen LogP contribution is -2.49. The van der Waals surface area contributed by atoms with Gasteiger partial charge in [0.15, 0.2) is 0 Å². The highest BCUT2D eigenvalue weighted by atomic mass is 16.5. The van der Waals surface area contributed by atoms with Gasteiger partial charge in [-0.15, -0.1) is 0 Å². The third-order valence-corrected chi connectivity index (χ3v) is 6.25. The predicted octanol–water partition coefficient (Wildman–Crippen LogP) is 2.24. The average Bonchev–Trinajstić information content (AvgIpc) is 3.40. The fourth-order valence-corrected chi connectivity index (χ4v) is 4.46. The van der Waals surface area contributed by atoms with Gasteiger partial charge < -0.3 is 24.2 Å². The van der Waals surface area contributed by atoms with Crippen molar-refractivity contribution >= 4 is 17.5 Å². The molecule has 0 spiro atoms. The Morgan fingerprint density at radius 3 is 2.71 bits per heavy atom. The number of carbonyl (C=O) groups is 2. The van der Waals surface area contributed by atoms with Gasteiger partial charge in [-0.1, -0.05) is 12.1 Å². The Morgan fingerprint density at radius 1 is 1.18 bits per heavy atom. The minimum Gasteiger partial charge on any atom is -0.492 e. The number of piperazine rings is 1. The summed E-state index contributed by atoms with van der Waals surface area (Å²) in [5, 5.41) is 0. The fourth-order valence-electron chi connectivity index (χ4n) is 4.46. The summed E-state index contributed by atoms with van der Waals surface area (Å²) in [4.78, 5) is 40.0. The number of aromatic nitrogens is 2. The lowest BCUT2D eigenvalue weighted by atomic mass is 10.2. The van der Waals surface area contributed by atoms with E-state index in [0.29, 0.717) is 39.4 Å². The second kappa shape index (κ2) is 11.8. The Morgan fingerprint density at radius 2 is 2.00 bits per heavy atom. The number of nitrogens with zero attached hydrogens (tertiary/aromatic N) is 5. The molecule has 1 aromatic carbocycles. The van der Waals surface area contributed by atoms with Gasteiger partial charge in [0.05, 0.1) is 24.6 Å². The molecule has 0 aliphatic carbocycles. The molecule has 0 bridgehead atoms. The highest BCUT2D eigenvalue weighted by Crippen LogP contribution is 2.29. The summed E-state index contributed by atoms with van der Waals surface area (Å²) < 4.78 is 11.5. The molecule has 3 heterocycles. The Labute approximate surface area is 200 Å². The number of amides is 2. The maximum Gasteiger partial charge on any atom is 0.274 e. The molecule has 9 heteroatoms. The SMILES string of the molecule is CCOc1ccccc1N1CCN(C(=O)CCN(CC2CCCO2)C(=O)c2cnccn2)CC1. The molecular weight excluding hydrogens is 434 g/mol. The zero-order valence-corrected chi connectivity index (χ0v) is 19.8. The van der Waals surface area contributed by atoms with Crippen LogP contribution in [0.5, 0.6) is 5.75 Å². The number of rotatable bonds is 9. The van der Waals surface area contributed by atoms with Crippen molar-refractivity contribution in [3.8, 4) is 5.75 Å². The molecule has 34 heavy (non-hydrogen) atoms. The Balaban J connectivity index is 1.32. The van der Waals surface area contributed by atoms with Crippen molar-refractivity contribution in [1.82, 2.24) is 19.8 Å². The number of para-hydroxylation sites is 2. The zero-order chi connectivity index (χ0) is 23.8. The van der Waals surface area contributed by atoms with E-state index in [0.717, 1.165) is 37.4 Å². The topological polar surface area (TPSA) is 88.1 Å². The van der Waals surface area contributed by atoms with Crippen molar-refractivity contribution < 1.29 is 19.1 Å². The quantitative estimate of drug-likeness (QED) is 0.559. The van der Waals surface area contributed by atoms with Gasteiger partial charge in [-0.25, -0.2) is 4.98 Å². The Hall–Kier alpha value is -3.20. The molecule has 2 amide bonds. The summed E-state index contributed by atoms with van der Waals surface area (Å²) in [6, 6.07) is 8.02. The van der Waals surface area contributed by atoms with E-state index >= 15 is 0 Å².